The van der Waals surface area contributed by atoms with Crippen molar-refractivity contribution in [1.82, 2.24) is 15.3 Å². The first-order valence-electron chi connectivity index (χ1n) is 8.46. The molecule has 0 radical (unpaired) electrons. The van der Waals surface area contributed by atoms with Crippen LogP contribution < -0.4 is 15.4 Å². The Hall–Kier alpha value is -2.86. The Kier molecular flexibility index (Phi) is 5.53. The molecule has 0 atom stereocenters. The fourth-order valence-corrected chi connectivity index (χ4v) is 2.96. The summed E-state index contributed by atoms with van der Waals surface area (Å²) in [7, 11) is 0. The smallest absolute Gasteiger partial charge is 0.227 e. The molecule has 6 nitrogen and oxygen atoms in total. The fraction of sp³-hybridized carbons (Fsp3) is 0.300. The molecule has 1 fully saturated rings. The maximum atomic E-state index is 9.55. The van der Waals surface area contributed by atoms with Gasteiger partial charge in [-0.05, 0) is 50.2 Å². The summed E-state index contributed by atoms with van der Waals surface area (Å²) in [5.41, 5.74) is 1.56. The highest BCUT2D eigenvalue weighted by Crippen LogP contribution is 2.24. The van der Waals surface area contributed by atoms with E-state index in [0.717, 1.165) is 48.3 Å². The van der Waals surface area contributed by atoms with Crippen molar-refractivity contribution in [1.29, 1.82) is 0 Å². The van der Waals surface area contributed by atoms with Gasteiger partial charge in [0.25, 0.3) is 0 Å². The summed E-state index contributed by atoms with van der Waals surface area (Å²) in [5.74, 6) is 1.52. The number of aromatic hydroxyl groups is 1. The standard InChI is InChI=1S/C19H20N4O2.CH4/c24-15-3-1-2-14(10-15)22-19-21-12-13-4-5-17(11-18(13)23-19)25-16-6-8-20-9-7-16;/h1-5,10-12,16,20,24H,6-9H2,(H,21,22,23);1H4. The second-order valence-corrected chi connectivity index (χ2v) is 6.16. The van der Waals surface area contributed by atoms with Crippen LogP contribution in [0.25, 0.3) is 10.9 Å². The van der Waals surface area contributed by atoms with Gasteiger partial charge in [-0.15, -0.1) is 0 Å². The third kappa shape index (κ3) is 4.21. The van der Waals surface area contributed by atoms with Crippen LogP contribution in [0.2, 0.25) is 0 Å². The van der Waals surface area contributed by atoms with Crippen molar-refractivity contribution in [3.63, 3.8) is 0 Å². The van der Waals surface area contributed by atoms with Gasteiger partial charge in [0.05, 0.1) is 5.52 Å². The van der Waals surface area contributed by atoms with Crippen molar-refractivity contribution < 1.29 is 9.84 Å². The summed E-state index contributed by atoms with van der Waals surface area (Å²) in [6.07, 6.45) is 4.07. The summed E-state index contributed by atoms with van der Waals surface area (Å²) in [4.78, 5) is 8.88. The molecule has 3 N–H and O–H groups in total. The van der Waals surface area contributed by atoms with Crippen molar-refractivity contribution >= 4 is 22.5 Å². The van der Waals surface area contributed by atoms with Crippen LogP contribution in [0.1, 0.15) is 20.3 Å². The van der Waals surface area contributed by atoms with E-state index in [4.69, 9.17) is 4.74 Å². The SMILES string of the molecule is C.Oc1cccc(Nc2ncc3ccc(OC4CCNCC4)cc3n2)c1. The molecular formula is C20H24N4O2. The number of nitrogens with one attached hydrogen (secondary N) is 2. The van der Waals surface area contributed by atoms with E-state index in [1.807, 2.05) is 24.3 Å². The number of aromatic nitrogens is 2. The molecular weight excluding hydrogens is 328 g/mol. The predicted molar refractivity (Wildman–Crippen MR) is 104 cm³/mol. The number of hydrogen-bond donors (Lipinski definition) is 3. The first kappa shape index (κ1) is 17.9. The Morgan fingerprint density at radius 2 is 1.96 bits per heavy atom. The molecule has 1 aromatic heterocycles. The second-order valence-electron chi connectivity index (χ2n) is 6.16. The first-order valence-corrected chi connectivity index (χ1v) is 8.46. The van der Waals surface area contributed by atoms with Gasteiger partial charge >= 0.3 is 0 Å². The fourth-order valence-electron chi connectivity index (χ4n) is 2.96. The van der Waals surface area contributed by atoms with Crippen LogP contribution in [-0.4, -0.2) is 34.3 Å². The van der Waals surface area contributed by atoms with Gasteiger partial charge in [0.2, 0.25) is 5.95 Å². The van der Waals surface area contributed by atoms with Crippen LogP contribution in [0.4, 0.5) is 11.6 Å². The molecule has 26 heavy (non-hydrogen) atoms. The molecule has 2 aromatic carbocycles. The van der Waals surface area contributed by atoms with Gasteiger partial charge in [0.1, 0.15) is 17.6 Å². The first-order chi connectivity index (χ1) is 12.3. The zero-order chi connectivity index (χ0) is 17.1. The van der Waals surface area contributed by atoms with Crippen LogP contribution in [-0.2, 0) is 0 Å². The third-order valence-corrected chi connectivity index (χ3v) is 4.25. The largest absolute Gasteiger partial charge is 0.508 e. The minimum Gasteiger partial charge on any atom is -0.508 e. The minimum atomic E-state index is 0. The van der Waals surface area contributed by atoms with E-state index < -0.39 is 0 Å². The van der Waals surface area contributed by atoms with Crippen molar-refractivity contribution in [2.45, 2.75) is 26.4 Å². The van der Waals surface area contributed by atoms with Crippen molar-refractivity contribution in [3.8, 4) is 11.5 Å². The molecule has 136 valence electrons. The van der Waals surface area contributed by atoms with E-state index in [0.29, 0.717) is 5.95 Å². The number of rotatable bonds is 4. The van der Waals surface area contributed by atoms with Crippen LogP contribution >= 0.6 is 0 Å². The third-order valence-electron chi connectivity index (χ3n) is 4.25. The summed E-state index contributed by atoms with van der Waals surface area (Å²) in [5, 5.41) is 17.0. The molecule has 0 aliphatic carbocycles. The van der Waals surface area contributed by atoms with Crippen molar-refractivity contribution in [2.75, 3.05) is 18.4 Å². The van der Waals surface area contributed by atoms with Gasteiger partial charge < -0.3 is 20.5 Å². The van der Waals surface area contributed by atoms with Gasteiger partial charge in [0.15, 0.2) is 0 Å². The lowest BCUT2D eigenvalue weighted by molar-refractivity contribution is 0.162. The van der Waals surface area contributed by atoms with Gasteiger partial charge in [-0.3, -0.25) is 0 Å². The lowest BCUT2D eigenvalue weighted by atomic mass is 10.1. The predicted octanol–water partition coefficient (Wildman–Crippen LogP) is 3.85. The average Bonchev–Trinajstić information content (AvgIpc) is 2.62. The lowest BCUT2D eigenvalue weighted by Gasteiger charge is -2.23. The van der Waals surface area contributed by atoms with E-state index in [9.17, 15) is 5.11 Å². The molecule has 0 spiro atoms. The van der Waals surface area contributed by atoms with Gasteiger partial charge in [-0.25, -0.2) is 9.97 Å². The molecule has 4 rings (SSSR count). The lowest BCUT2D eigenvalue weighted by Crippen LogP contribution is -2.34. The Labute approximate surface area is 153 Å². The van der Waals surface area contributed by atoms with Crippen molar-refractivity contribution in [3.05, 3.63) is 48.7 Å². The number of anilines is 2. The molecule has 2 heterocycles. The van der Waals surface area contributed by atoms with Gasteiger partial charge in [-0.2, -0.15) is 0 Å². The quantitative estimate of drug-likeness (QED) is 0.662. The Morgan fingerprint density at radius 3 is 2.77 bits per heavy atom. The second kappa shape index (κ2) is 8.01. The normalized spacial score (nSPS) is 14.6. The number of phenolic OH excluding ortho intramolecular Hbond substituents is 1. The molecule has 0 amide bonds. The highest BCUT2D eigenvalue weighted by Gasteiger charge is 2.14. The number of piperidine rings is 1. The number of benzene rings is 2. The van der Waals surface area contributed by atoms with E-state index in [-0.39, 0.29) is 19.3 Å². The molecule has 1 aliphatic rings. The number of phenols is 1. The molecule has 1 saturated heterocycles. The number of hydrogen-bond acceptors (Lipinski definition) is 6. The van der Waals surface area contributed by atoms with E-state index in [2.05, 4.69) is 20.6 Å². The van der Waals surface area contributed by atoms with Crippen LogP contribution in [0.15, 0.2) is 48.7 Å². The van der Waals surface area contributed by atoms with E-state index >= 15 is 0 Å². The molecule has 0 saturated carbocycles. The molecule has 6 heteroatoms. The maximum Gasteiger partial charge on any atom is 0.227 e. The average molecular weight is 352 g/mol. The molecule has 0 unspecified atom stereocenters. The summed E-state index contributed by atoms with van der Waals surface area (Å²) >= 11 is 0. The zero-order valence-electron chi connectivity index (χ0n) is 13.8. The maximum absolute atomic E-state index is 9.55. The topological polar surface area (TPSA) is 79.3 Å². The van der Waals surface area contributed by atoms with E-state index in [1.54, 1.807) is 24.4 Å². The number of nitrogens with zero attached hydrogens (tertiary/aromatic N) is 2. The molecule has 1 aliphatic heterocycles. The highest BCUT2D eigenvalue weighted by molar-refractivity contribution is 5.80. The number of ether oxygens (including phenoxy) is 1. The highest BCUT2D eigenvalue weighted by atomic mass is 16.5. The van der Waals surface area contributed by atoms with Gasteiger partial charge in [0, 0.05) is 29.4 Å². The molecule has 0 bridgehead atoms. The Bertz CT molecular complexity index is 879. The van der Waals surface area contributed by atoms with Gasteiger partial charge in [-0.1, -0.05) is 13.5 Å². The summed E-state index contributed by atoms with van der Waals surface area (Å²) in [6.45, 7) is 2.00. The zero-order valence-corrected chi connectivity index (χ0v) is 13.8. The van der Waals surface area contributed by atoms with E-state index in [1.165, 1.54) is 0 Å². The number of fused-ring (bicyclic) bond motifs is 1. The minimum absolute atomic E-state index is 0. The Balaban J connectivity index is 0.00000196. The summed E-state index contributed by atoms with van der Waals surface area (Å²) < 4.78 is 6.08. The van der Waals surface area contributed by atoms with Crippen molar-refractivity contribution in [2.24, 2.45) is 0 Å². The van der Waals surface area contributed by atoms with Crippen LogP contribution in [0.5, 0.6) is 11.5 Å². The Morgan fingerprint density at radius 1 is 1.12 bits per heavy atom. The van der Waals surface area contributed by atoms with Crippen LogP contribution in [0, 0.1) is 0 Å². The monoisotopic (exact) mass is 352 g/mol. The van der Waals surface area contributed by atoms with Crippen LogP contribution in [0.3, 0.4) is 0 Å². The summed E-state index contributed by atoms with van der Waals surface area (Å²) in [6, 6.07) is 12.8. The molecule has 3 aromatic rings.